The van der Waals surface area contributed by atoms with Crippen molar-refractivity contribution in [3.63, 3.8) is 0 Å². The van der Waals surface area contributed by atoms with Crippen LogP contribution in [0.25, 0.3) is 0 Å². The van der Waals surface area contributed by atoms with E-state index in [1.807, 2.05) is 18.2 Å². The third-order valence-electron chi connectivity index (χ3n) is 3.74. The van der Waals surface area contributed by atoms with Gasteiger partial charge in [0, 0.05) is 32.2 Å². The van der Waals surface area contributed by atoms with Crippen LogP contribution < -0.4 is 11.1 Å². The molecule has 0 bridgehead atoms. The molecule has 0 radical (unpaired) electrons. The van der Waals surface area contributed by atoms with E-state index < -0.39 is 0 Å². The van der Waals surface area contributed by atoms with Crippen LogP contribution in [0, 0.1) is 0 Å². The van der Waals surface area contributed by atoms with Crippen molar-refractivity contribution in [1.82, 2.24) is 9.80 Å². The molecule has 3 N–H and O–H groups in total. The third-order valence-corrected chi connectivity index (χ3v) is 3.74. The molecule has 1 heterocycles. The van der Waals surface area contributed by atoms with Gasteiger partial charge in [-0.15, -0.1) is 0 Å². The van der Waals surface area contributed by atoms with Crippen LogP contribution in [-0.2, 0) is 4.79 Å². The number of rotatable bonds is 4. The second-order valence-corrected chi connectivity index (χ2v) is 5.54. The number of amides is 1. The van der Waals surface area contributed by atoms with Gasteiger partial charge in [-0.05, 0) is 26.0 Å². The Morgan fingerprint density at radius 2 is 1.90 bits per heavy atom. The highest BCUT2D eigenvalue weighted by Crippen LogP contribution is 2.16. The molecule has 1 saturated heterocycles. The number of benzene rings is 1. The molecular formula is C15H24N4O. The average molecular weight is 276 g/mol. The molecule has 5 heteroatoms. The number of carbonyl (C=O) groups is 1. The first kappa shape index (κ1) is 14.8. The maximum Gasteiger partial charge on any atom is 0.238 e. The highest BCUT2D eigenvalue weighted by Gasteiger charge is 2.20. The lowest BCUT2D eigenvalue weighted by molar-refractivity contribution is -0.117. The van der Waals surface area contributed by atoms with E-state index in [1.165, 1.54) is 0 Å². The second kappa shape index (κ2) is 6.72. The SMILES string of the molecule is CC(C)N1CCN(CC(=O)Nc2ccccc2N)CC1. The first-order valence-electron chi connectivity index (χ1n) is 7.17. The summed E-state index contributed by atoms with van der Waals surface area (Å²) in [5.41, 5.74) is 7.11. The summed E-state index contributed by atoms with van der Waals surface area (Å²) < 4.78 is 0. The molecule has 1 fully saturated rings. The monoisotopic (exact) mass is 276 g/mol. The molecule has 1 aromatic rings. The number of hydrogen-bond acceptors (Lipinski definition) is 4. The minimum absolute atomic E-state index is 0.000830. The molecule has 2 rings (SSSR count). The lowest BCUT2D eigenvalue weighted by atomic mass is 10.2. The minimum atomic E-state index is 0.000830. The summed E-state index contributed by atoms with van der Waals surface area (Å²) in [6.45, 7) is 8.78. The zero-order chi connectivity index (χ0) is 14.5. The predicted octanol–water partition coefficient (Wildman–Crippen LogP) is 1.23. The molecular weight excluding hydrogens is 252 g/mol. The number of nitrogens with one attached hydrogen (secondary N) is 1. The number of hydrogen-bond donors (Lipinski definition) is 2. The summed E-state index contributed by atoms with van der Waals surface area (Å²) in [6, 6.07) is 7.92. The third kappa shape index (κ3) is 3.95. The zero-order valence-electron chi connectivity index (χ0n) is 12.3. The first-order chi connectivity index (χ1) is 9.56. The number of nitrogens with two attached hydrogens (primary N) is 1. The van der Waals surface area contributed by atoms with Gasteiger partial charge in [-0.2, -0.15) is 0 Å². The maximum atomic E-state index is 12.0. The van der Waals surface area contributed by atoms with Crippen molar-refractivity contribution >= 4 is 17.3 Å². The molecule has 0 atom stereocenters. The van der Waals surface area contributed by atoms with Crippen molar-refractivity contribution in [2.24, 2.45) is 0 Å². The predicted molar refractivity (Wildman–Crippen MR) is 82.6 cm³/mol. The van der Waals surface area contributed by atoms with Crippen molar-refractivity contribution < 1.29 is 4.79 Å². The number of carbonyl (C=O) groups excluding carboxylic acids is 1. The topological polar surface area (TPSA) is 61.6 Å². The summed E-state index contributed by atoms with van der Waals surface area (Å²) in [5.74, 6) is 0.000830. The fraction of sp³-hybridized carbons (Fsp3) is 0.533. The van der Waals surface area contributed by atoms with Gasteiger partial charge in [-0.1, -0.05) is 12.1 Å². The molecule has 1 aromatic carbocycles. The van der Waals surface area contributed by atoms with Crippen LogP contribution in [0.2, 0.25) is 0 Å². The smallest absolute Gasteiger partial charge is 0.238 e. The Kier molecular flexibility index (Phi) is 4.98. The van der Waals surface area contributed by atoms with Crippen LogP contribution in [0.1, 0.15) is 13.8 Å². The molecule has 0 spiro atoms. The van der Waals surface area contributed by atoms with Crippen molar-refractivity contribution in [1.29, 1.82) is 0 Å². The maximum absolute atomic E-state index is 12.0. The van der Waals surface area contributed by atoms with Crippen LogP contribution in [0.3, 0.4) is 0 Å². The summed E-state index contributed by atoms with van der Waals surface area (Å²) in [4.78, 5) is 16.6. The molecule has 20 heavy (non-hydrogen) atoms. The van der Waals surface area contributed by atoms with Crippen molar-refractivity contribution in [3.8, 4) is 0 Å². The number of nitrogen functional groups attached to an aromatic ring is 1. The van der Waals surface area contributed by atoms with Gasteiger partial charge in [-0.25, -0.2) is 0 Å². The Balaban J connectivity index is 1.80. The van der Waals surface area contributed by atoms with Crippen LogP contribution >= 0.6 is 0 Å². The minimum Gasteiger partial charge on any atom is -0.397 e. The van der Waals surface area contributed by atoms with Crippen LogP contribution in [0.15, 0.2) is 24.3 Å². The standard InChI is InChI=1S/C15H24N4O/c1-12(2)19-9-7-18(8-10-19)11-15(20)17-14-6-4-3-5-13(14)16/h3-6,12H,7-11,16H2,1-2H3,(H,17,20). The van der Waals surface area contributed by atoms with E-state index in [-0.39, 0.29) is 5.91 Å². The Hall–Kier alpha value is -1.59. The van der Waals surface area contributed by atoms with Gasteiger partial charge in [0.1, 0.15) is 0 Å². The van der Waals surface area contributed by atoms with Crippen LogP contribution in [-0.4, -0.2) is 54.5 Å². The zero-order valence-corrected chi connectivity index (χ0v) is 12.3. The van der Waals surface area contributed by atoms with Crippen molar-refractivity contribution in [2.45, 2.75) is 19.9 Å². The Morgan fingerprint density at radius 1 is 1.25 bits per heavy atom. The van der Waals surface area contributed by atoms with E-state index in [2.05, 4.69) is 29.0 Å². The Bertz CT molecular complexity index is 453. The summed E-state index contributed by atoms with van der Waals surface area (Å²) in [6.07, 6.45) is 0. The molecule has 0 unspecified atom stereocenters. The van der Waals surface area contributed by atoms with Gasteiger partial charge in [0.25, 0.3) is 0 Å². The molecule has 0 aromatic heterocycles. The number of para-hydroxylation sites is 2. The molecule has 0 saturated carbocycles. The largest absolute Gasteiger partial charge is 0.397 e. The van der Waals surface area contributed by atoms with E-state index in [1.54, 1.807) is 6.07 Å². The van der Waals surface area contributed by atoms with Gasteiger partial charge in [0.2, 0.25) is 5.91 Å². The molecule has 110 valence electrons. The van der Waals surface area contributed by atoms with E-state index >= 15 is 0 Å². The molecule has 1 amide bonds. The number of piperazine rings is 1. The Morgan fingerprint density at radius 3 is 2.50 bits per heavy atom. The van der Waals surface area contributed by atoms with Gasteiger partial charge in [0.05, 0.1) is 17.9 Å². The number of anilines is 2. The summed E-state index contributed by atoms with van der Waals surface area (Å²) in [7, 11) is 0. The Labute approximate surface area is 120 Å². The van der Waals surface area contributed by atoms with Crippen LogP contribution in [0.5, 0.6) is 0 Å². The first-order valence-corrected chi connectivity index (χ1v) is 7.17. The molecule has 1 aliphatic heterocycles. The van der Waals surface area contributed by atoms with E-state index in [4.69, 9.17) is 5.73 Å². The van der Waals surface area contributed by atoms with Crippen LogP contribution in [0.4, 0.5) is 11.4 Å². The summed E-state index contributed by atoms with van der Waals surface area (Å²) in [5, 5.41) is 2.87. The van der Waals surface area contributed by atoms with Crippen molar-refractivity contribution in [3.05, 3.63) is 24.3 Å². The molecule has 0 aliphatic carbocycles. The van der Waals surface area contributed by atoms with Gasteiger partial charge in [-0.3, -0.25) is 14.6 Å². The fourth-order valence-electron chi connectivity index (χ4n) is 2.44. The van der Waals surface area contributed by atoms with Gasteiger partial charge < -0.3 is 11.1 Å². The van der Waals surface area contributed by atoms with Gasteiger partial charge >= 0.3 is 0 Å². The van der Waals surface area contributed by atoms with E-state index in [0.29, 0.717) is 24.0 Å². The highest BCUT2D eigenvalue weighted by atomic mass is 16.2. The molecule has 5 nitrogen and oxygen atoms in total. The summed E-state index contributed by atoms with van der Waals surface area (Å²) >= 11 is 0. The van der Waals surface area contributed by atoms with E-state index in [0.717, 1.165) is 26.2 Å². The number of nitrogens with zero attached hydrogens (tertiary/aromatic N) is 2. The average Bonchev–Trinajstić information content (AvgIpc) is 2.42. The quantitative estimate of drug-likeness (QED) is 0.812. The lowest BCUT2D eigenvalue weighted by Gasteiger charge is -2.36. The van der Waals surface area contributed by atoms with Crippen molar-refractivity contribution in [2.75, 3.05) is 43.8 Å². The van der Waals surface area contributed by atoms with Gasteiger partial charge in [0.15, 0.2) is 0 Å². The molecule has 1 aliphatic rings. The van der Waals surface area contributed by atoms with E-state index in [9.17, 15) is 4.79 Å². The normalized spacial score (nSPS) is 17.4. The second-order valence-electron chi connectivity index (χ2n) is 5.54. The lowest BCUT2D eigenvalue weighted by Crippen LogP contribution is -2.50. The highest BCUT2D eigenvalue weighted by molar-refractivity contribution is 5.95. The fourth-order valence-corrected chi connectivity index (χ4v) is 2.44.